The van der Waals surface area contributed by atoms with E-state index in [1.807, 2.05) is 30.5 Å². The maximum atomic E-state index is 12.0. The van der Waals surface area contributed by atoms with Crippen molar-refractivity contribution in [1.82, 2.24) is 4.98 Å². The van der Waals surface area contributed by atoms with Gasteiger partial charge in [-0.3, -0.25) is 19.7 Å². The lowest BCUT2D eigenvalue weighted by Gasteiger charge is -2.08. The van der Waals surface area contributed by atoms with E-state index < -0.39 is 23.4 Å². The first kappa shape index (κ1) is 20.5. The number of nitriles is 1. The van der Waals surface area contributed by atoms with Crippen molar-refractivity contribution < 1.29 is 19.2 Å². The second-order valence-corrected chi connectivity index (χ2v) is 6.52. The van der Waals surface area contributed by atoms with Crippen LogP contribution in [0.1, 0.15) is 24.0 Å². The van der Waals surface area contributed by atoms with E-state index in [1.54, 1.807) is 6.07 Å². The number of nitro groups is 1. The number of fused-ring (bicyclic) bond motifs is 1. The smallest absolute Gasteiger partial charge is 0.306 e. The van der Waals surface area contributed by atoms with E-state index in [0.717, 1.165) is 22.5 Å². The van der Waals surface area contributed by atoms with Gasteiger partial charge in [0, 0.05) is 35.7 Å². The third-order valence-electron chi connectivity index (χ3n) is 4.47. The molecule has 0 radical (unpaired) electrons. The predicted octanol–water partition coefficient (Wildman–Crippen LogP) is 3.45. The lowest BCUT2D eigenvalue weighted by Crippen LogP contribution is -2.21. The molecule has 1 heterocycles. The lowest BCUT2D eigenvalue weighted by molar-refractivity contribution is -0.384. The Kier molecular flexibility index (Phi) is 6.39. The summed E-state index contributed by atoms with van der Waals surface area (Å²) in [7, 11) is 0. The van der Waals surface area contributed by atoms with Gasteiger partial charge in [-0.1, -0.05) is 18.2 Å². The number of non-ortho nitro benzene ring substituents is 1. The quantitative estimate of drug-likeness (QED) is 0.334. The molecule has 0 saturated heterocycles. The van der Waals surface area contributed by atoms with Gasteiger partial charge in [0.05, 0.1) is 16.2 Å². The second kappa shape index (κ2) is 9.34. The summed E-state index contributed by atoms with van der Waals surface area (Å²) in [5.41, 5.74) is 1.95. The zero-order valence-electron chi connectivity index (χ0n) is 15.9. The molecule has 0 aliphatic carbocycles. The van der Waals surface area contributed by atoms with Crippen LogP contribution in [0, 0.1) is 21.4 Å². The van der Waals surface area contributed by atoms with Crippen molar-refractivity contribution in [2.45, 2.75) is 19.3 Å². The molecule has 0 spiro atoms. The minimum Gasteiger partial charge on any atom is -0.456 e. The number of H-pyrrole nitrogens is 1. The molecule has 0 bridgehead atoms. The number of aryl methyl sites for hydroxylation is 1. The summed E-state index contributed by atoms with van der Waals surface area (Å²) in [6.45, 7) is -0.506. The van der Waals surface area contributed by atoms with E-state index >= 15 is 0 Å². The first-order valence-electron chi connectivity index (χ1n) is 9.17. The van der Waals surface area contributed by atoms with Crippen molar-refractivity contribution in [1.29, 1.82) is 5.26 Å². The first-order chi connectivity index (χ1) is 14.5. The molecule has 1 aromatic heterocycles. The number of nitro benzene ring substituents is 1. The molecule has 30 heavy (non-hydrogen) atoms. The molecule has 0 aliphatic heterocycles. The molecular weight excluding hydrogens is 388 g/mol. The van der Waals surface area contributed by atoms with Crippen LogP contribution in [0.25, 0.3) is 10.9 Å². The summed E-state index contributed by atoms with van der Waals surface area (Å²) in [5, 5.41) is 23.4. The summed E-state index contributed by atoms with van der Waals surface area (Å²) in [6, 6.07) is 13.2. The molecule has 9 heteroatoms. The monoisotopic (exact) mass is 406 g/mol. The zero-order valence-corrected chi connectivity index (χ0v) is 15.9. The number of rotatable bonds is 8. The molecule has 1 amide bonds. The van der Waals surface area contributed by atoms with Gasteiger partial charge in [-0.15, -0.1) is 0 Å². The van der Waals surface area contributed by atoms with Crippen LogP contribution in [-0.2, 0) is 20.7 Å². The van der Waals surface area contributed by atoms with Gasteiger partial charge in [0.2, 0.25) is 0 Å². The minimum atomic E-state index is -0.634. The molecular formula is C21H18N4O5. The van der Waals surface area contributed by atoms with Gasteiger partial charge in [0.15, 0.2) is 6.61 Å². The van der Waals surface area contributed by atoms with Gasteiger partial charge in [-0.2, -0.15) is 5.26 Å². The van der Waals surface area contributed by atoms with Crippen LogP contribution >= 0.6 is 0 Å². The highest BCUT2D eigenvalue weighted by Gasteiger charge is 2.14. The number of benzene rings is 2. The summed E-state index contributed by atoms with van der Waals surface area (Å²) in [4.78, 5) is 37.2. The molecule has 0 atom stereocenters. The van der Waals surface area contributed by atoms with Gasteiger partial charge < -0.3 is 15.0 Å². The van der Waals surface area contributed by atoms with E-state index in [1.165, 1.54) is 12.1 Å². The number of carbonyl (C=O) groups excluding carboxylic acids is 2. The number of ether oxygens (including phenoxy) is 1. The van der Waals surface area contributed by atoms with Crippen molar-refractivity contribution >= 4 is 34.2 Å². The molecule has 0 saturated carbocycles. The molecule has 2 N–H and O–H groups in total. The molecule has 3 aromatic rings. The van der Waals surface area contributed by atoms with Gasteiger partial charge in [-0.25, -0.2) is 0 Å². The maximum Gasteiger partial charge on any atom is 0.306 e. The van der Waals surface area contributed by atoms with Crippen LogP contribution in [0.3, 0.4) is 0 Å². The molecule has 0 fully saturated rings. The Morgan fingerprint density at radius 3 is 2.80 bits per heavy atom. The fraction of sp³-hybridized carbons (Fsp3) is 0.190. The number of carbonyl (C=O) groups is 2. The number of nitrogens with zero attached hydrogens (tertiary/aromatic N) is 2. The molecule has 152 valence electrons. The van der Waals surface area contributed by atoms with Crippen LogP contribution in [0.15, 0.2) is 48.7 Å². The Balaban J connectivity index is 1.45. The summed E-state index contributed by atoms with van der Waals surface area (Å²) in [6.07, 6.45) is 3.34. The largest absolute Gasteiger partial charge is 0.456 e. The Morgan fingerprint density at radius 2 is 2.03 bits per heavy atom. The third kappa shape index (κ3) is 4.99. The summed E-state index contributed by atoms with van der Waals surface area (Å²) >= 11 is 0. The highest BCUT2D eigenvalue weighted by Crippen LogP contribution is 2.21. The number of esters is 1. The fourth-order valence-electron chi connectivity index (χ4n) is 3.01. The van der Waals surface area contributed by atoms with Gasteiger partial charge in [-0.05, 0) is 30.5 Å². The van der Waals surface area contributed by atoms with Crippen LogP contribution in [-0.4, -0.2) is 28.4 Å². The van der Waals surface area contributed by atoms with Gasteiger partial charge in [0.1, 0.15) is 6.07 Å². The van der Waals surface area contributed by atoms with Crippen molar-refractivity contribution in [2.24, 2.45) is 0 Å². The highest BCUT2D eigenvalue weighted by molar-refractivity contribution is 5.94. The van der Waals surface area contributed by atoms with Gasteiger partial charge in [0.25, 0.3) is 11.6 Å². The van der Waals surface area contributed by atoms with Crippen molar-refractivity contribution in [3.8, 4) is 6.07 Å². The highest BCUT2D eigenvalue weighted by atomic mass is 16.6. The summed E-state index contributed by atoms with van der Waals surface area (Å²) < 4.78 is 4.97. The third-order valence-corrected chi connectivity index (χ3v) is 4.47. The van der Waals surface area contributed by atoms with Gasteiger partial charge >= 0.3 is 5.97 Å². The van der Waals surface area contributed by atoms with E-state index in [0.29, 0.717) is 12.8 Å². The standard InChI is InChI=1S/C21H18N4O5/c22-11-15-10-16(25(28)29)8-9-18(15)24-20(26)13-30-21(27)7-3-4-14-12-23-19-6-2-1-5-17(14)19/h1-2,5-6,8-10,12,23H,3-4,7,13H2,(H,24,26). The fourth-order valence-corrected chi connectivity index (χ4v) is 3.01. The maximum absolute atomic E-state index is 12.0. The molecule has 9 nitrogen and oxygen atoms in total. The van der Waals surface area contributed by atoms with Crippen LogP contribution in [0.2, 0.25) is 0 Å². The molecule has 0 unspecified atom stereocenters. The van der Waals surface area contributed by atoms with Crippen LogP contribution < -0.4 is 5.32 Å². The number of para-hydroxylation sites is 1. The number of aromatic nitrogens is 1. The lowest BCUT2D eigenvalue weighted by atomic mass is 10.1. The molecule has 2 aromatic carbocycles. The van der Waals surface area contributed by atoms with E-state index in [4.69, 9.17) is 10.00 Å². The number of hydrogen-bond acceptors (Lipinski definition) is 6. The molecule has 3 rings (SSSR count). The molecule has 0 aliphatic rings. The average molecular weight is 406 g/mol. The number of nitrogens with one attached hydrogen (secondary N) is 2. The topological polar surface area (TPSA) is 138 Å². The number of amides is 1. The van der Waals surface area contributed by atoms with Crippen molar-refractivity contribution in [3.63, 3.8) is 0 Å². The normalized spacial score (nSPS) is 10.4. The van der Waals surface area contributed by atoms with Crippen molar-refractivity contribution in [3.05, 3.63) is 69.9 Å². The second-order valence-electron chi connectivity index (χ2n) is 6.52. The minimum absolute atomic E-state index is 0.0531. The number of anilines is 1. The Labute approximate surface area is 171 Å². The Bertz CT molecular complexity index is 1150. The Morgan fingerprint density at radius 1 is 1.23 bits per heavy atom. The average Bonchev–Trinajstić information content (AvgIpc) is 3.15. The predicted molar refractivity (Wildman–Crippen MR) is 109 cm³/mol. The number of aromatic amines is 1. The van der Waals surface area contributed by atoms with Crippen LogP contribution in [0.4, 0.5) is 11.4 Å². The zero-order chi connectivity index (χ0) is 21.5. The Hall–Kier alpha value is -4.19. The van der Waals surface area contributed by atoms with Crippen molar-refractivity contribution in [2.75, 3.05) is 11.9 Å². The van der Waals surface area contributed by atoms with E-state index in [9.17, 15) is 19.7 Å². The summed E-state index contributed by atoms with van der Waals surface area (Å²) in [5.74, 6) is -1.14. The number of hydrogen-bond donors (Lipinski definition) is 2. The van der Waals surface area contributed by atoms with E-state index in [-0.39, 0.29) is 23.4 Å². The van der Waals surface area contributed by atoms with Crippen LogP contribution in [0.5, 0.6) is 0 Å². The first-order valence-corrected chi connectivity index (χ1v) is 9.17. The van der Waals surface area contributed by atoms with E-state index in [2.05, 4.69) is 10.3 Å². The SMILES string of the molecule is N#Cc1cc([N+](=O)[O-])ccc1NC(=O)COC(=O)CCCc1c[nH]c2ccccc12.